The van der Waals surface area contributed by atoms with Crippen molar-refractivity contribution >= 4 is 11.1 Å². The molecule has 152 valence electrons. The molecule has 0 aliphatic carbocycles. The van der Waals surface area contributed by atoms with Crippen molar-refractivity contribution in [2.24, 2.45) is 0 Å². The van der Waals surface area contributed by atoms with Gasteiger partial charge in [-0.05, 0) is 13.0 Å². The predicted molar refractivity (Wildman–Crippen MR) is 112 cm³/mol. The van der Waals surface area contributed by atoms with Crippen molar-refractivity contribution in [2.75, 3.05) is 12.4 Å². The monoisotopic (exact) mass is 375 g/mol. The van der Waals surface area contributed by atoms with Crippen molar-refractivity contribution in [3.05, 3.63) is 0 Å². The van der Waals surface area contributed by atoms with E-state index in [9.17, 15) is 4.21 Å². The summed E-state index contributed by atoms with van der Waals surface area (Å²) in [6.45, 7) is 3.15. The molecule has 0 aliphatic rings. The minimum atomic E-state index is -1.70. The molecule has 3 nitrogen and oxygen atoms in total. The van der Waals surface area contributed by atoms with Gasteiger partial charge in [0.05, 0.1) is 5.88 Å². The summed E-state index contributed by atoms with van der Waals surface area (Å²) in [7, 11) is 0. The maximum Gasteiger partial charge on any atom is 0.167 e. The standard InChI is InChI=1S/C21H45NO2S/c1-2-3-4-5-6-7-8-9-10-11-12-13-14-15-16-17-18-19-20-22-21-25(23)24/h22H,2-21H2,1H3,(H,23,24). The molecule has 0 heterocycles. The molecule has 0 aromatic heterocycles. The highest BCUT2D eigenvalue weighted by atomic mass is 32.2. The molecule has 0 spiro atoms. The minimum absolute atomic E-state index is 0.207. The lowest BCUT2D eigenvalue weighted by molar-refractivity contribution is 0.522. The van der Waals surface area contributed by atoms with E-state index < -0.39 is 11.1 Å². The summed E-state index contributed by atoms with van der Waals surface area (Å²) >= 11 is -1.70. The molecule has 0 fully saturated rings. The molecular formula is C21H45NO2S. The highest BCUT2D eigenvalue weighted by Gasteiger charge is 1.95. The van der Waals surface area contributed by atoms with Gasteiger partial charge in [-0.2, -0.15) is 0 Å². The summed E-state index contributed by atoms with van der Waals surface area (Å²) in [6.07, 6.45) is 25.0. The predicted octanol–water partition coefficient (Wildman–Crippen LogP) is 6.80. The minimum Gasteiger partial charge on any atom is -0.305 e. The van der Waals surface area contributed by atoms with Crippen molar-refractivity contribution in [1.82, 2.24) is 5.32 Å². The van der Waals surface area contributed by atoms with E-state index >= 15 is 0 Å². The van der Waals surface area contributed by atoms with Crippen LogP contribution in [0.5, 0.6) is 0 Å². The molecule has 0 saturated carbocycles. The van der Waals surface area contributed by atoms with E-state index in [1.54, 1.807) is 0 Å². The normalized spacial score (nSPS) is 12.6. The highest BCUT2D eigenvalue weighted by Crippen LogP contribution is 2.14. The van der Waals surface area contributed by atoms with Crippen LogP contribution in [-0.2, 0) is 11.1 Å². The van der Waals surface area contributed by atoms with Crippen LogP contribution in [0.15, 0.2) is 0 Å². The molecule has 25 heavy (non-hydrogen) atoms. The Morgan fingerprint density at radius 1 is 0.600 bits per heavy atom. The van der Waals surface area contributed by atoms with E-state index in [1.165, 1.54) is 109 Å². The summed E-state index contributed by atoms with van der Waals surface area (Å²) < 4.78 is 19.1. The molecule has 0 amide bonds. The quantitative estimate of drug-likeness (QED) is 0.171. The molecule has 0 rings (SSSR count). The van der Waals surface area contributed by atoms with Gasteiger partial charge in [0, 0.05) is 0 Å². The van der Waals surface area contributed by atoms with E-state index in [0.29, 0.717) is 0 Å². The largest absolute Gasteiger partial charge is 0.305 e. The Balaban J connectivity index is 2.97. The smallest absolute Gasteiger partial charge is 0.167 e. The molecule has 4 heteroatoms. The van der Waals surface area contributed by atoms with Crippen molar-refractivity contribution in [1.29, 1.82) is 0 Å². The van der Waals surface area contributed by atoms with Gasteiger partial charge in [-0.25, -0.2) is 4.21 Å². The average Bonchev–Trinajstić information content (AvgIpc) is 2.60. The molecule has 0 saturated heterocycles. The van der Waals surface area contributed by atoms with Gasteiger partial charge in [-0.1, -0.05) is 116 Å². The zero-order valence-electron chi connectivity index (χ0n) is 16.9. The fourth-order valence-electron chi connectivity index (χ4n) is 3.31. The van der Waals surface area contributed by atoms with Crippen molar-refractivity contribution in [3.8, 4) is 0 Å². The number of rotatable bonds is 21. The first-order valence-corrected chi connectivity index (χ1v) is 12.3. The van der Waals surface area contributed by atoms with Gasteiger partial charge in [-0.3, -0.25) is 0 Å². The van der Waals surface area contributed by atoms with E-state index in [2.05, 4.69) is 12.2 Å². The summed E-state index contributed by atoms with van der Waals surface area (Å²) in [5.41, 5.74) is 0. The van der Waals surface area contributed by atoms with Crippen LogP contribution >= 0.6 is 0 Å². The van der Waals surface area contributed by atoms with Crippen LogP contribution in [0.25, 0.3) is 0 Å². The van der Waals surface area contributed by atoms with Crippen LogP contribution in [0, 0.1) is 0 Å². The third kappa shape index (κ3) is 24.1. The summed E-state index contributed by atoms with van der Waals surface area (Å²) in [6, 6.07) is 0. The number of nitrogens with one attached hydrogen (secondary N) is 1. The van der Waals surface area contributed by atoms with Gasteiger partial charge >= 0.3 is 0 Å². The van der Waals surface area contributed by atoms with Crippen LogP contribution in [-0.4, -0.2) is 21.2 Å². The van der Waals surface area contributed by atoms with Gasteiger partial charge in [0.15, 0.2) is 11.1 Å². The van der Waals surface area contributed by atoms with Crippen molar-refractivity contribution in [3.63, 3.8) is 0 Å². The maximum absolute atomic E-state index is 10.4. The number of hydrogen-bond acceptors (Lipinski definition) is 2. The van der Waals surface area contributed by atoms with Crippen LogP contribution in [0.3, 0.4) is 0 Å². The lowest BCUT2D eigenvalue weighted by Crippen LogP contribution is -2.19. The Bertz CT molecular complexity index is 275. The summed E-state index contributed by atoms with van der Waals surface area (Å²) in [4.78, 5) is 0. The molecule has 0 radical (unpaired) electrons. The first-order chi connectivity index (χ1) is 12.3. The lowest BCUT2D eigenvalue weighted by Gasteiger charge is -2.04. The van der Waals surface area contributed by atoms with Crippen LogP contribution in [0.1, 0.15) is 122 Å². The second-order valence-corrected chi connectivity index (χ2v) is 8.41. The molecule has 2 N–H and O–H groups in total. The van der Waals surface area contributed by atoms with Gasteiger partial charge in [0.25, 0.3) is 0 Å². The molecule has 0 bridgehead atoms. The SMILES string of the molecule is CCCCCCCCCCCCCCCCCCCCNCS(=O)O. The second kappa shape index (κ2) is 22.1. The van der Waals surface area contributed by atoms with Crippen LogP contribution in [0.4, 0.5) is 0 Å². The van der Waals surface area contributed by atoms with Crippen LogP contribution in [0.2, 0.25) is 0 Å². The van der Waals surface area contributed by atoms with E-state index in [1.807, 2.05) is 0 Å². The topological polar surface area (TPSA) is 49.3 Å². The average molecular weight is 376 g/mol. The fraction of sp³-hybridized carbons (Fsp3) is 1.00. The Morgan fingerprint density at radius 3 is 1.24 bits per heavy atom. The molecule has 0 aromatic carbocycles. The Morgan fingerprint density at radius 2 is 0.920 bits per heavy atom. The first-order valence-electron chi connectivity index (χ1n) is 11.1. The van der Waals surface area contributed by atoms with Crippen molar-refractivity contribution in [2.45, 2.75) is 122 Å². The van der Waals surface area contributed by atoms with Gasteiger partial charge in [0.1, 0.15) is 0 Å². The zero-order chi connectivity index (χ0) is 18.4. The fourth-order valence-corrected chi connectivity index (χ4v) is 3.63. The third-order valence-electron chi connectivity index (χ3n) is 4.93. The highest BCUT2D eigenvalue weighted by molar-refractivity contribution is 7.79. The maximum atomic E-state index is 10.4. The molecule has 0 aliphatic heterocycles. The Kier molecular flexibility index (Phi) is 22.2. The van der Waals surface area contributed by atoms with E-state index in [-0.39, 0.29) is 5.88 Å². The van der Waals surface area contributed by atoms with E-state index in [0.717, 1.165) is 13.0 Å². The second-order valence-electron chi connectivity index (χ2n) is 7.48. The Hall–Kier alpha value is 0.0700. The van der Waals surface area contributed by atoms with Gasteiger partial charge < -0.3 is 9.87 Å². The van der Waals surface area contributed by atoms with Gasteiger partial charge in [-0.15, -0.1) is 0 Å². The first kappa shape index (κ1) is 25.1. The number of hydrogen-bond donors (Lipinski definition) is 2. The van der Waals surface area contributed by atoms with Crippen molar-refractivity contribution < 1.29 is 8.76 Å². The Labute approximate surface area is 160 Å². The summed E-state index contributed by atoms with van der Waals surface area (Å²) in [5.74, 6) is 0.207. The molecule has 0 aromatic rings. The van der Waals surface area contributed by atoms with E-state index in [4.69, 9.17) is 4.55 Å². The molecule has 1 unspecified atom stereocenters. The molecular weight excluding hydrogens is 330 g/mol. The van der Waals surface area contributed by atoms with Crippen LogP contribution < -0.4 is 5.32 Å². The van der Waals surface area contributed by atoms with Gasteiger partial charge in [0.2, 0.25) is 0 Å². The molecule has 1 atom stereocenters. The summed E-state index contributed by atoms with van der Waals surface area (Å²) in [5, 5.41) is 2.99. The third-order valence-corrected chi connectivity index (χ3v) is 5.38. The number of unbranched alkanes of at least 4 members (excludes halogenated alkanes) is 17. The zero-order valence-corrected chi connectivity index (χ0v) is 17.7. The lowest BCUT2D eigenvalue weighted by atomic mass is 10.0.